The topological polar surface area (TPSA) is 30.0 Å². The van der Waals surface area contributed by atoms with Gasteiger partial charge in [0, 0.05) is 10.9 Å². The van der Waals surface area contributed by atoms with Crippen LogP contribution in [0.15, 0.2) is 35.2 Å². The first kappa shape index (κ1) is 10.7. The first-order valence-electron chi connectivity index (χ1n) is 5.87. The maximum atomic E-state index is 12.1. The van der Waals surface area contributed by atoms with Gasteiger partial charge in [-0.05, 0) is 30.4 Å². The van der Waals surface area contributed by atoms with Gasteiger partial charge in [0.15, 0.2) is 0 Å². The van der Waals surface area contributed by atoms with Gasteiger partial charge in [-0.15, -0.1) is 11.3 Å². The van der Waals surface area contributed by atoms with Crippen molar-refractivity contribution in [2.24, 2.45) is 0 Å². The van der Waals surface area contributed by atoms with E-state index >= 15 is 0 Å². The number of ketones is 1. The fraction of sp³-hybridized carbons (Fsp3) is 0.286. The average molecular weight is 243 g/mol. The second-order valence-electron chi connectivity index (χ2n) is 4.46. The molecule has 0 N–H and O–H groups in total. The maximum absolute atomic E-state index is 12.1. The summed E-state index contributed by atoms with van der Waals surface area (Å²) in [5, 5.41) is 1.80. The Balaban J connectivity index is 1.90. The third-order valence-electron chi connectivity index (χ3n) is 3.39. The quantitative estimate of drug-likeness (QED) is 0.770. The van der Waals surface area contributed by atoms with E-state index in [2.05, 4.69) is 11.1 Å². The third kappa shape index (κ3) is 2.03. The second kappa shape index (κ2) is 4.41. The average Bonchev–Trinajstić information content (AvgIpc) is 2.79. The Labute approximate surface area is 104 Å². The lowest BCUT2D eigenvalue weighted by Gasteiger charge is -2.25. The third-order valence-corrected chi connectivity index (χ3v) is 3.98. The first-order chi connectivity index (χ1) is 8.34. The van der Waals surface area contributed by atoms with Gasteiger partial charge in [-0.3, -0.25) is 4.79 Å². The molecule has 1 aromatic heterocycles. The standard InChI is InChI=1S/C14H13NOS/c16-14(13-8-17-9-15-13)12-6-2-5-11(7-12)10-3-1-4-10/h2,5-10H,1,3-4H2. The number of carbonyl (C=O) groups is 1. The number of hydrogen-bond donors (Lipinski definition) is 0. The minimum Gasteiger partial charge on any atom is -0.287 e. The highest BCUT2D eigenvalue weighted by Crippen LogP contribution is 2.36. The normalized spacial score (nSPS) is 15.5. The van der Waals surface area contributed by atoms with E-state index in [1.807, 2.05) is 18.2 Å². The monoisotopic (exact) mass is 243 g/mol. The summed E-state index contributed by atoms with van der Waals surface area (Å²) < 4.78 is 0. The Hall–Kier alpha value is -1.48. The molecule has 1 fully saturated rings. The van der Waals surface area contributed by atoms with E-state index in [1.54, 1.807) is 10.9 Å². The highest BCUT2D eigenvalue weighted by atomic mass is 32.1. The summed E-state index contributed by atoms with van der Waals surface area (Å²) in [6.07, 6.45) is 3.83. The number of aromatic nitrogens is 1. The molecule has 1 aromatic carbocycles. The number of thiazole rings is 1. The lowest BCUT2D eigenvalue weighted by molar-refractivity contribution is 0.103. The van der Waals surface area contributed by atoms with E-state index in [0.717, 1.165) is 5.56 Å². The van der Waals surface area contributed by atoms with Crippen molar-refractivity contribution in [1.29, 1.82) is 0 Å². The zero-order valence-electron chi connectivity index (χ0n) is 9.43. The highest BCUT2D eigenvalue weighted by molar-refractivity contribution is 7.07. The Morgan fingerprint density at radius 2 is 2.24 bits per heavy atom. The predicted molar refractivity (Wildman–Crippen MR) is 68.6 cm³/mol. The van der Waals surface area contributed by atoms with Gasteiger partial charge in [0.1, 0.15) is 5.69 Å². The lowest BCUT2D eigenvalue weighted by Crippen LogP contribution is -2.10. The fourth-order valence-electron chi connectivity index (χ4n) is 2.15. The van der Waals surface area contributed by atoms with Crippen LogP contribution in [-0.2, 0) is 0 Å². The molecule has 3 rings (SSSR count). The van der Waals surface area contributed by atoms with Crippen molar-refractivity contribution in [1.82, 2.24) is 4.98 Å². The molecular formula is C14H13NOS. The Morgan fingerprint density at radius 1 is 1.35 bits per heavy atom. The minimum absolute atomic E-state index is 0.0347. The molecule has 0 unspecified atom stereocenters. The van der Waals surface area contributed by atoms with E-state index in [1.165, 1.54) is 36.2 Å². The Morgan fingerprint density at radius 3 is 2.88 bits per heavy atom. The van der Waals surface area contributed by atoms with Gasteiger partial charge >= 0.3 is 0 Å². The highest BCUT2D eigenvalue weighted by Gasteiger charge is 2.20. The Kier molecular flexibility index (Phi) is 2.77. The van der Waals surface area contributed by atoms with Crippen molar-refractivity contribution < 1.29 is 4.79 Å². The van der Waals surface area contributed by atoms with Gasteiger partial charge in [-0.2, -0.15) is 0 Å². The van der Waals surface area contributed by atoms with E-state index in [9.17, 15) is 4.79 Å². The van der Waals surface area contributed by atoms with Crippen molar-refractivity contribution >= 4 is 17.1 Å². The van der Waals surface area contributed by atoms with E-state index in [0.29, 0.717) is 11.6 Å². The van der Waals surface area contributed by atoms with E-state index in [-0.39, 0.29) is 5.78 Å². The molecule has 0 aliphatic heterocycles. The molecule has 1 aliphatic rings. The van der Waals surface area contributed by atoms with Crippen molar-refractivity contribution in [3.8, 4) is 0 Å². The molecule has 0 spiro atoms. The van der Waals surface area contributed by atoms with Crippen LogP contribution in [0, 0.1) is 0 Å². The summed E-state index contributed by atoms with van der Waals surface area (Å²) in [7, 11) is 0. The summed E-state index contributed by atoms with van der Waals surface area (Å²) in [6.45, 7) is 0. The SMILES string of the molecule is O=C(c1cccc(C2CCC2)c1)c1cscn1. The molecule has 0 radical (unpaired) electrons. The van der Waals surface area contributed by atoms with Crippen molar-refractivity contribution in [3.05, 3.63) is 52.0 Å². The van der Waals surface area contributed by atoms with Crippen molar-refractivity contribution in [2.75, 3.05) is 0 Å². The molecule has 0 saturated heterocycles. The molecule has 17 heavy (non-hydrogen) atoms. The first-order valence-corrected chi connectivity index (χ1v) is 6.82. The molecular weight excluding hydrogens is 230 g/mol. The van der Waals surface area contributed by atoms with Gasteiger partial charge in [0.25, 0.3) is 0 Å². The molecule has 0 atom stereocenters. The van der Waals surface area contributed by atoms with Crippen molar-refractivity contribution in [2.45, 2.75) is 25.2 Å². The van der Waals surface area contributed by atoms with E-state index < -0.39 is 0 Å². The molecule has 1 saturated carbocycles. The molecule has 3 heteroatoms. The van der Waals surface area contributed by atoms with Crippen LogP contribution in [-0.4, -0.2) is 10.8 Å². The smallest absolute Gasteiger partial charge is 0.212 e. The molecule has 0 bridgehead atoms. The molecule has 0 amide bonds. The van der Waals surface area contributed by atoms with Gasteiger partial charge in [0.05, 0.1) is 5.51 Å². The predicted octanol–water partition coefficient (Wildman–Crippen LogP) is 3.64. The van der Waals surface area contributed by atoms with Crippen LogP contribution < -0.4 is 0 Å². The summed E-state index contributed by atoms with van der Waals surface area (Å²) in [4.78, 5) is 16.2. The van der Waals surface area contributed by atoms with Gasteiger partial charge in [0.2, 0.25) is 5.78 Å². The number of benzene rings is 1. The van der Waals surface area contributed by atoms with Crippen molar-refractivity contribution in [3.63, 3.8) is 0 Å². The largest absolute Gasteiger partial charge is 0.287 e. The number of nitrogens with zero attached hydrogens (tertiary/aromatic N) is 1. The zero-order chi connectivity index (χ0) is 11.7. The number of carbonyl (C=O) groups excluding carboxylic acids is 1. The molecule has 86 valence electrons. The van der Waals surface area contributed by atoms with Gasteiger partial charge < -0.3 is 0 Å². The summed E-state index contributed by atoms with van der Waals surface area (Å²) in [6, 6.07) is 8.02. The van der Waals surface area contributed by atoms with Crippen LogP contribution in [0.25, 0.3) is 0 Å². The van der Waals surface area contributed by atoms with Crippen LogP contribution in [0.4, 0.5) is 0 Å². The molecule has 2 aromatic rings. The van der Waals surface area contributed by atoms with Crippen LogP contribution in [0.3, 0.4) is 0 Å². The van der Waals surface area contributed by atoms with E-state index in [4.69, 9.17) is 0 Å². The maximum Gasteiger partial charge on any atom is 0.212 e. The van der Waals surface area contributed by atoms with Gasteiger partial charge in [-0.1, -0.05) is 24.6 Å². The van der Waals surface area contributed by atoms with Crippen LogP contribution in [0.5, 0.6) is 0 Å². The Bertz CT molecular complexity index is 529. The fourth-order valence-corrected chi connectivity index (χ4v) is 2.68. The molecule has 1 aliphatic carbocycles. The second-order valence-corrected chi connectivity index (χ2v) is 5.17. The lowest BCUT2D eigenvalue weighted by atomic mass is 9.79. The van der Waals surface area contributed by atoms with Crippen LogP contribution >= 0.6 is 11.3 Å². The van der Waals surface area contributed by atoms with Gasteiger partial charge in [-0.25, -0.2) is 4.98 Å². The molecule has 2 nitrogen and oxygen atoms in total. The number of rotatable bonds is 3. The number of hydrogen-bond acceptors (Lipinski definition) is 3. The zero-order valence-corrected chi connectivity index (χ0v) is 10.2. The summed E-state index contributed by atoms with van der Waals surface area (Å²) in [5.41, 5.74) is 4.32. The summed E-state index contributed by atoms with van der Waals surface area (Å²) in [5.74, 6) is 0.700. The minimum atomic E-state index is 0.0347. The van der Waals surface area contributed by atoms with Crippen LogP contribution in [0.2, 0.25) is 0 Å². The van der Waals surface area contributed by atoms with Crippen LogP contribution in [0.1, 0.15) is 46.8 Å². The summed E-state index contributed by atoms with van der Waals surface area (Å²) >= 11 is 1.46. The molecule has 1 heterocycles.